The zero-order valence-electron chi connectivity index (χ0n) is 12.0. The molecule has 0 saturated carbocycles. The second-order valence-corrected chi connectivity index (χ2v) is 5.48. The molecule has 0 aromatic heterocycles. The Balaban J connectivity index is 3.92. The monoisotopic (exact) mass is 273 g/mol. The van der Waals surface area contributed by atoms with E-state index >= 15 is 0 Å². The van der Waals surface area contributed by atoms with Crippen LogP contribution in [0.1, 0.15) is 33.6 Å². The molecule has 0 saturated heterocycles. The first kappa shape index (κ1) is 17.5. The molecule has 111 valence electrons. The number of hydrogen-bond donors (Lipinski definition) is 3. The molecule has 3 N–H and O–H groups in total. The van der Waals surface area contributed by atoms with Crippen LogP contribution in [0.4, 0.5) is 9.59 Å². The maximum absolute atomic E-state index is 11.2. The summed E-state index contributed by atoms with van der Waals surface area (Å²) in [6.07, 6.45) is 0.213. The predicted octanol–water partition coefficient (Wildman–Crippen LogP) is 2.26. The second kappa shape index (κ2) is 8.61. The smallest absolute Gasteiger partial charge is 0.407 e. The van der Waals surface area contributed by atoms with E-state index in [2.05, 4.69) is 38.3 Å². The van der Waals surface area contributed by atoms with E-state index in [0.29, 0.717) is 19.0 Å². The van der Waals surface area contributed by atoms with Crippen molar-refractivity contribution in [1.29, 1.82) is 0 Å². The van der Waals surface area contributed by atoms with Gasteiger partial charge in [0.1, 0.15) is 0 Å². The van der Waals surface area contributed by atoms with Crippen molar-refractivity contribution in [3.8, 4) is 0 Å². The molecule has 0 aliphatic carbocycles. The number of alkyl carbamates (subject to hydrolysis) is 1. The Kier molecular flexibility index (Phi) is 7.95. The number of hydrogen-bond acceptors (Lipinski definition) is 3. The van der Waals surface area contributed by atoms with Crippen LogP contribution in [-0.2, 0) is 4.74 Å². The van der Waals surface area contributed by atoms with Gasteiger partial charge >= 0.3 is 12.2 Å². The van der Waals surface area contributed by atoms with E-state index in [4.69, 9.17) is 9.84 Å². The number of carbonyl (C=O) groups is 2. The van der Waals surface area contributed by atoms with Crippen LogP contribution in [0.2, 0.25) is 0 Å². The highest BCUT2D eigenvalue weighted by molar-refractivity contribution is 5.67. The molecule has 0 bridgehead atoms. The summed E-state index contributed by atoms with van der Waals surface area (Å²) < 4.78 is 4.70. The Morgan fingerprint density at radius 1 is 1.37 bits per heavy atom. The van der Waals surface area contributed by atoms with Crippen LogP contribution < -0.4 is 10.6 Å². The van der Waals surface area contributed by atoms with E-state index in [1.807, 2.05) is 0 Å². The molecular weight excluding hydrogens is 248 g/mol. The van der Waals surface area contributed by atoms with Gasteiger partial charge in [-0.25, -0.2) is 9.59 Å². The Hall–Kier alpha value is -1.46. The lowest BCUT2D eigenvalue weighted by molar-refractivity contribution is 0.149. The summed E-state index contributed by atoms with van der Waals surface area (Å²) in [6.45, 7) is 10.7. The van der Waals surface area contributed by atoms with Crippen molar-refractivity contribution in [3.05, 3.63) is 6.92 Å². The van der Waals surface area contributed by atoms with Gasteiger partial charge in [-0.1, -0.05) is 20.8 Å². The van der Waals surface area contributed by atoms with E-state index in [-0.39, 0.29) is 12.0 Å². The molecule has 2 amide bonds. The summed E-state index contributed by atoms with van der Waals surface area (Å²) >= 11 is 0. The molecule has 1 radical (unpaired) electrons. The summed E-state index contributed by atoms with van der Waals surface area (Å²) in [5, 5.41) is 13.5. The molecule has 0 rings (SSSR count). The van der Waals surface area contributed by atoms with Gasteiger partial charge in [0.15, 0.2) is 0 Å². The first-order valence-electron chi connectivity index (χ1n) is 6.43. The van der Waals surface area contributed by atoms with Crippen LogP contribution in [0.3, 0.4) is 0 Å². The highest BCUT2D eigenvalue weighted by Gasteiger charge is 2.22. The Labute approximate surface area is 114 Å². The van der Waals surface area contributed by atoms with E-state index < -0.39 is 12.2 Å². The van der Waals surface area contributed by atoms with Gasteiger partial charge in [-0.3, -0.25) is 0 Å². The minimum Gasteiger partial charge on any atom is -0.465 e. The Bertz CT molecular complexity index is 292. The molecule has 6 heteroatoms. The fraction of sp³-hybridized carbons (Fsp3) is 0.769. The molecule has 1 atom stereocenters. The largest absolute Gasteiger partial charge is 0.465 e. The second-order valence-electron chi connectivity index (χ2n) is 5.48. The molecule has 0 aromatic carbocycles. The number of carbonyl (C=O) groups excluding carboxylic acids is 1. The molecule has 0 spiro atoms. The first-order valence-corrected chi connectivity index (χ1v) is 6.43. The third-order valence-corrected chi connectivity index (χ3v) is 2.76. The molecule has 6 nitrogen and oxygen atoms in total. The van der Waals surface area contributed by atoms with Gasteiger partial charge in [0.25, 0.3) is 0 Å². The van der Waals surface area contributed by atoms with Gasteiger partial charge in [-0.2, -0.15) is 0 Å². The number of ether oxygens (including phenoxy) is 1. The summed E-state index contributed by atoms with van der Waals surface area (Å²) in [7, 11) is 0. The Morgan fingerprint density at radius 2 is 2.00 bits per heavy atom. The number of nitrogens with one attached hydrogen (secondary N) is 2. The standard InChI is InChI=1S/C13H25N2O4/c1-5-19-12(18)15-9-13(3,4)8-10(2)6-7-14-11(16)17/h10,14H,1,5-9H2,2-4H3,(H,15,18)(H,16,17). The van der Waals surface area contributed by atoms with Crippen molar-refractivity contribution < 1.29 is 19.4 Å². The van der Waals surface area contributed by atoms with Gasteiger partial charge in [-0.15, -0.1) is 0 Å². The van der Waals surface area contributed by atoms with E-state index in [9.17, 15) is 9.59 Å². The Morgan fingerprint density at radius 3 is 2.53 bits per heavy atom. The van der Waals surface area contributed by atoms with Crippen LogP contribution in [-0.4, -0.2) is 37.0 Å². The van der Waals surface area contributed by atoms with Crippen LogP contribution in [0.25, 0.3) is 0 Å². The SMILES string of the molecule is [CH2]COC(=O)NCC(C)(C)CC(C)CCNC(=O)O. The third kappa shape index (κ3) is 10.2. The van der Waals surface area contributed by atoms with Crippen molar-refractivity contribution >= 4 is 12.2 Å². The normalized spacial score (nSPS) is 12.6. The maximum Gasteiger partial charge on any atom is 0.407 e. The summed E-state index contributed by atoms with van der Waals surface area (Å²) in [5.74, 6) is 0.368. The molecule has 1 unspecified atom stereocenters. The van der Waals surface area contributed by atoms with Gasteiger partial charge in [0.05, 0.1) is 6.61 Å². The summed E-state index contributed by atoms with van der Waals surface area (Å²) in [4.78, 5) is 21.5. The van der Waals surface area contributed by atoms with Gasteiger partial charge in [0, 0.05) is 13.1 Å². The lowest BCUT2D eigenvalue weighted by atomic mass is 9.82. The third-order valence-electron chi connectivity index (χ3n) is 2.76. The fourth-order valence-corrected chi connectivity index (χ4v) is 2.00. The summed E-state index contributed by atoms with van der Waals surface area (Å²) in [6, 6.07) is 0. The maximum atomic E-state index is 11.2. The minimum atomic E-state index is -0.996. The minimum absolute atomic E-state index is 0.0666. The lowest BCUT2D eigenvalue weighted by Gasteiger charge is -2.28. The highest BCUT2D eigenvalue weighted by atomic mass is 16.5. The molecular formula is C13H25N2O4. The van der Waals surface area contributed by atoms with Crippen LogP contribution in [0.15, 0.2) is 0 Å². The van der Waals surface area contributed by atoms with Crippen LogP contribution in [0.5, 0.6) is 0 Å². The molecule has 0 aliphatic heterocycles. The molecule has 0 heterocycles. The highest BCUT2D eigenvalue weighted by Crippen LogP contribution is 2.26. The van der Waals surface area contributed by atoms with E-state index in [1.54, 1.807) is 0 Å². The van der Waals surface area contributed by atoms with Crippen LogP contribution >= 0.6 is 0 Å². The zero-order chi connectivity index (χ0) is 14.9. The predicted molar refractivity (Wildman–Crippen MR) is 72.9 cm³/mol. The number of rotatable bonds is 8. The van der Waals surface area contributed by atoms with E-state index in [0.717, 1.165) is 12.8 Å². The molecule has 0 aromatic rings. The van der Waals surface area contributed by atoms with Crippen molar-refractivity contribution in [2.75, 3.05) is 19.7 Å². The first-order chi connectivity index (χ1) is 8.76. The fourth-order valence-electron chi connectivity index (χ4n) is 2.00. The molecule has 0 aliphatic rings. The topological polar surface area (TPSA) is 87.7 Å². The quantitative estimate of drug-likeness (QED) is 0.633. The van der Waals surface area contributed by atoms with Gasteiger partial charge in [0.2, 0.25) is 0 Å². The number of amides is 2. The van der Waals surface area contributed by atoms with Crippen molar-refractivity contribution in [3.63, 3.8) is 0 Å². The van der Waals surface area contributed by atoms with E-state index in [1.165, 1.54) is 0 Å². The number of carboxylic acid groups (broad SMARTS) is 1. The molecule has 0 fully saturated rings. The van der Waals surface area contributed by atoms with Crippen molar-refractivity contribution in [2.45, 2.75) is 33.6 Å². The average Bonchev–Trinajstić information content (AvgIpc) is 2.25. The molecule has 19 heavy (non-hydrogen) atoms. The van der Waals surface area contributed by atoms with Gasteiger partial charge < -0.3 is 20.5 Å². The zero-order valence-corrected chi connectivity index (χ0v) is 12.0. The van der Waals surface area contributed by atoms with Crippen molar-refractivity contribution in [2.24, 2.45) is 11.3 Å². The van der Waals surface area contributed by atoms with Crippen LogP contribution in [0, 0.1) is 18.3 Å². The van der Waals surface area contributed by atoms with Gasteiger partial charge in [-0.05, 0) is 31.1 Å². The summed E-state index contributed by atoms with van der Waals surface area (Å²) in [5.41, 5.74) is -0.0666. The van der Waals surface area contributed by atoms with Crippen molar-refractivity contribution in [1.82, 2.24) is 10.6 Å². The lowest BCUT2D eigenvalue weighted by Crippen LogP contribution is -2.35. The average molecular weight is 273 g/mol.